The maximum Gasteiger partial charge on any atom is 0.227 e. The number of nitrogens with zero attached hydrogens (tertiary/aromatic N) is 2. The van der Waals surface area contributed by atoms with Gasteiger partial charge in [-0.1, -0.05) is 133 Å². The molecule has 0 saturated heterocycles. The van der Waals surface area contributed by atoms with E-state index < -0.39 is 0 Å². The quantitative estimate of drug-likeness (QED) is 0.160. The van der Waals surface area contributed by atoms with Crippen molar-refractivity contribution in [3.8, 4) is 33.7 Å². The standard InChI is InChI=1S/C51H32N2OS/c1-3-11-33(12-4-1)34-19-21-35(22-20-34)41-15-7-9-17-46(41)53(40-28-30-48-44(32-40)42-16-8-10-18-47(42)55-48)39-27-25-36-23-24-37-26-29-45-50(49(37)43(36)31-39)54-51(52-45)38-13-5-2-6-14-38/h1-32H. The molecule has 0 radical (unpaired) electrons. The summed E-state index contributed by atoms with van der Waals surface area (Å²) in [5, 5.41) is 6.98. The fraction of sp³-hybridized carbons (Fsp3) is 0. The van der Waals surface area contributed by atoms with E-state index in [1.54, 1.807) is 0 Å². The van der Waals surface area contributed by atoms with Crippen molar-refractivity contribution in [2.45, 2.75) is 0 Å². The van der Waals surface area contributed by atoms with Gasteiger partial charge in [-0.3, -0.25) is 0 Å². The molecule has 55 heavy (non-hydrogen) atoms. The Labute approximate surface area is 322 Å². The molecule has 0 fully saturated rings. The smallest absolute Gasteiger partial charge is 0.227 e. The molecule has 0 aliphatic rings. The summed E-state index contributed by atoms with van der Waals surface area (Å²) in [6.07, 6.45) is 0. The van der Waals surface area contributed by atoms with Gasteiger partial charge in [-0.05, 0) is 93.5 Å². The minimum absolute atomic E-state index is 0.626. The highest BCUT2D eigenvalue weighted by molar-refractivity contribution is 7.25. The van der Waals surface area contributed by atoms with Crippen molar-refractivity contribution in [3.05, 3.63) is 194 Å². The number of hydrogen-bond donors (Lipinski definition) is 0. The molecule has 0 aliphatic carbocycles. The van der Waals surface area contributed by atoms with Crippen LogP contribution in [0, 0.1) is 0 Å². The number of anilines is 3. The Hall–Kier alpha value is -7.01. The number of rotatable bonds is 6. The third kappa shape index (κ3) is 5.38. The lowest BCUT2D eigenvalue weighted by Gasteiger charge is -2.28. The predicted octanol–water partition coefficient (Wildman–Crippen LogP) is 15.0. The number of para-hydroxylation sites is 1. The summed E-state index contributed by atoms with van der Waals surface area (Å²) in [6.45, 7) is 0. The second-order valence-electron chi connectivity index (χ2n) is 13.9. The van der Waals surface area contributed by atoms with E-state index in [1.807, 2.05) is 41.7 Å². The summed E-state index contributed by atoms with van der Waals surface area (Å²) in [7, 11) is 0. The van der Waals surface area contributed by atoms with Crippen LogP contribution in [0.1, 0.15) is 0 Å². The lowest BCUT2D eigenvalue weighted by Crippen LogP contribution is -2.11. The van der Waals surface area contributed by atoms with Gasteiger partial charge in [0.05, 0.1) is 5.69 Å². The van der Waals surface area contributed by atoms with Crippen molar-refractivity contribution < 1.29 is 4.42 Å². The molecular weight excluding hydrogens is 689 g/mol. The highest BCUT2D eigenvalue weighted by Gasteiger charge is 2.20. The second kappa shape index (κ2) is 12.8. The second-order valence-corrected chi connectivity index (χ2v) is 15.0. The zero-order chi connectivity index (χ0) is 36.3. The molecule has 0 atom stereocenters. The Morgan fingerprint density at radius 3 is 1.87 bits per heavy atom. The summed E-state index contributed by atoms with van der Waals surface area (Å²) in [4.78, 5) is 7.35. The fourth-order valence-electron chi connectivity index (χ4n) is 8.02. The number of benzene rings is 9. The van der Waals surface area contributed by atoms with Gasteiger partial charge in [0.2, 0.25) is 5.89 Å². The van der Waals surface area contributed by atoms with Crippen molar-refractivity contribution in [1.82, 2.24) is 4.98 Å². The molecule has 258 valence electrons. The molecule has 0 bridgehead atoms. The van der Waals surface area contributed by atoms with Crippen molar-refractivity contribution in [2.24, 2.45) is 0 Å². The number of fused-ring (bicyclic) bond motifs is 8. The third-order valence-corrected chi connectivity index (χ3v) is 11.8. The largest absolute Gasteiger partial charge is 0.435 e. The van der Waals surface area contributed by atoms with Crippen molar-refractivity contribution in [2.75, 3.05) is 4.90 Å². The Morgan fingerprint density at radius 1 is 0.436 bits per heavy atom. The SMILES string of the molecule is c1ccc(-c2ccc(-c3ccccc3N(c3ccc4sc5ccccc5c4c3)c3ccc4ccc5ccc6nc(-c7ccccc7)oc6c5c4c3)cc2)cc1. The van der Waals surface area contributed by atoms with Crippen LogP contribution in [-0.2, 0) is 0 Å². The Balaban J connectivity index is 1.14. The predicted molar refractivity (Wildman–Crippen MR) is 233 cm³/mol. The van der Waals surface area contributed by atoms with Gasteiger partial charge >= 0.3 is 0 Å². The minimum atomic E-state index is 0.626. The van der Waals surface area contributed by atoms with E-state index in [0.29, 0.717) is 5.89 Å². The Bertz CT molecular complexity index is 3200. The molecule has 11 aromatic rings. The molecule has 0 unspecified atom stereocenters. The van der Waals surface area contributed by atoms with Crippen molar-refractivity contribution in [3.63, 3.8) is 0 Å². The van der Waals surface area contributed by atoms with E-state index in [4.69, 9.17) is 9.40 Å². The average molecular weight is 721 g/mol. The number of aromatic nitrogens is 1. The van der Waals surface area contributed by atoms with Gasteiger partial charge in [0, 0.05) is 48.1 Å². The first-order chi connectivity index (χ1) is 27.2. The van der Waals surface area contributed by atoms with Crippen LogP contribution < -0.4 is 4.90 Å². The number of thiophene rings is 1. The lowest BCUT2D eigenvalue weighted by molar-refractivity contribution is 0.623. The zero-order valence-corrected chi connectivity index (χ0v) is 30.5. The van der Waals surface area contributed by atoms with Crippen molar-refractivity contribution in [1.29, 1.82) is 0 Å². The topological polar surface area (TPSA) is 29.3 Å². The molecule has 0 aliphatic heterocycles. The van der Waals surface area contributed by atoms with Crippen LogP contribution in [0.2, 0.25) is 0 Å². The molecule has 2 aromatic heterocycles. The first-order valence-electron chi connectivity index (χ1n) is 18.5. The van der Waals surface area contributed by atoms with Crippen LogP contribution in [-0.4, -0.2) is 4.98 Å². The lowest BCUT2D eigenvalue weighted by atomic mass is 9.97. The van der Waals surface area contributed by atoms with Gasteiger partial charge in [0.25, 0.3) is 0 Å². The van der Waals surface area contributed by atoms with Gasteiger partial charge in [-0.25, -0.2) is 4.98 Å². The first-order valence-corrected chi connectivity index (χ1v) is 19.3. The summed E-state index contributed by atoms with van der Waals surface area (Å²) < 4.78 is 9.19. The van der Waals surface area contributed by atoms with Crippen LogP contribution >= 0.6 is 11.3 Å². The zero-order valence-electron chi connectivity index (χ0n) is 29.7. The normalized spacial score (nSPS) is 11.6. The van der Waals surface area contributed by atoms with Crippen molar-refractivity contribution >= 4 is 81.2 Å². The van der Waals surface area contributed by atoms with E-state index in [2.05, 4.69) is 169 Å². The number of hydrogen-bond acceptors (Lipinski definition) is 4. The maximum absolute atomic E-state index is 6.62. The Morgan fingerprint density at radius 2 is 1.04 bits per heavy atom. The van der Waals surface area contributed by atoms with E-state index >= 15 is 0 Å². The third-order valence-electron chi connectivity index (χ3n) is 10.7. The van der Waals surface area contributed by atoms with E-state index in [-0.39, 0.29) is 0 Å². The van der Waals surface area contributed by atoms with Crippen LogP contribution in [0.25, 0.3) is 86.5 Å². The summed E-state index contributed by atoms with van der Waals surface area (Å²) in [5.74, 6) is 0.626. The molecule has 2 heterocycles. The molecule has 11 rings (SSSR count). The van der Waals surface area contributed by atoms with Crippen LogP contribution in [0.5, 0.6) is 0 Å². The molecule has 0 spiro atoms. The number of oxazole rings is 1. The van der Waals surface area contributed by atoms with E-state index in [0.717, 1.165) is 66.4 Å². The summed E-state index contributed by atoms with van der Waals surface area (Å²) in [6, 6.07) is 69.4. The maximum atomic E-state index is 6.62. The minimum Gasteiger partial charge on any atom is -0.435 e. The first kappa shape index (κ1) is 31.5. The Kier molecular flexibility index (Phi) is 7.35. The van der Waals surface area contributed by atoms with Gasteiger partial charge in [-0.15, -0.1) is 11.3 Å². The summed E-state index contributed by atoms with van der Waals surface area (Å²) >= 11 is 1.84. The highest BCUT2D eigenvalue weighted by atomic mass is 32.1. The molecule has 9 aromatic carbocycles. The molecule has 0 N–H and O–H groups in total. The van der Waals surface area contributed by atoms with Crippen LogP contribution in [0.3, 0.4) is 0 Å². The summed E-state index contributed by atoms with van der Waals surface area (Å²) in [5.41, 5.74) is 10.6. The van der Waals surface area contributed by atoms with Gasteiger partial charge in [0.15, 0.2) is 5.58 Å². The molecule has 3 nitrogen and oxygen atoms in total. The molecule has 0 saturated carbocycles. The monoisotopic (exact) mass is 720 g/mol. The van der Waals surface area contributed by atoms with Gasteiger partial charge in [-0.2, -0.15) is 0 Å². The van der Waals surface area contributed by atoms with E-state index in [9.17, 15) is 0 Å². The molecule has 4 heteroatoms. The highest BCUT2D eigenvalue weighted by Crippen LogP contribution is 2.45. The van der Waals surface area contributed by atoms with Crippen LogP contribution in [0.4, 0.5) is 17.1 Å². The average Bonchev–Trinajstić information content (AvgIpc) is 3.87. The molecule has 0 amide bonds. The molecular formula is C51H32N2OS. The fourth-order valence-corrected chi connectivity index (χ4v) is 9.11. The van der Waals surface area contributed by atoms with Gasteiger partial charge < -0.3 is 9.32 Å². The van der Waals surface area contributed by atoms with Crippen LogP contribution in [0.15, 0.2) is 199 Å². The van der Waals surface area contributed by atoms with Gasteiger partial charge in [0.1, 0.15) is 5.52 Å². The van der Waals surface area contributed by atoms with E-state index in [1.165, 1.54) is 31.3 Å².